The van der Waals surface area contributed by atoms with E-state index in [0.29, 0.717) is 25.2 Å². The van der Waals surface area contributed by atoms with Crippen molar-refractivity contribution in [3.63, 3.8) is 0 Å². The van der Waals surface area contributed by atoms with Crippen LogP contribution in [0, 0.1) is 11.2 Å². The van der Waals surface area contributed by atoms with Gasteiger partial charge in [0.2, 0.25) is 0 Å². The van der Waals surface area contributed by atoms with Gasteiger partial charge in [-0.3, -0.25) is 9.80 Å². The predicted molar refractivity (Wildman–Crippen MR) is 143 cm³/mol. The number of ether oxygens (including phenoxy) is 1. The summed E-state index contributed by atoms with van der Waals surface area (Å²) in [6.45, 7) is 3.30. The van der Waals surface area contributed by atoms with Crippen LogP contribution in [0.15, 0.2) is 42.6 Å². The van der Waals surface area contributed by atoms with Crippen LogP contribution in [0.5, 0.6) is 5.75 Å². The van der Waals surface area contributed by atoms with Gasteiger partial charge < -0.3 is 20.6 Å². The average molecular weight is 623 g/mol. The maximum Gasteiger partial charge on any atom is 0.420 e. The Morgan fingerprint density at radius 2 is 1.81 bits per heavy atom. The molecule has 43 heavy (non-hydrogen) atoms. The van der Waals surface area contributed by atoms with Crippen molar-refractivity contribution in [3.8, 4) is 5.75 Å². The van der Waals surface area contributed by atoms with E-state index in [1.807, 2.05) is 0 Å². The summed E-state index contributed by atoms with van der Waals surface area (Å²) in [5.41, 5.74) is -5.00. The molecule has 0 radical (unpaired) electrons. The van der Waals surface area contributed by atoms with E-state index in [0.717, 1.165) is 23.2 Å². The Hall–Kier alpha value is -3.72. The number of hydrogen-bond donors (Lipinski definition) is 3. The molecule has 1 amide bonds. The van der Waals surface area contributed by atoms with Crippen LogP contribution < -0.4 is 15.0 Å². The largest absolute Gasteiger partial charge is 0.420 e. The highest BCUT2D eigenvalue weighted by molar-refractivity contribution is 6.10. The number of allylic oxidation sites excluding steroid dienone is 1. The Kier molecular flexibility index (Phi) is 10.8. The van der Waals surface area contributed by atoms with Gasteiger partial charge in [0.05, 0.1) is 17.2 Å². The van der Waals surface area contributed by atoms with Crippen LogP contribution in [0.25, 0.3) is 5.57 Å². The molecule has 236 valence electrons. The summed E-state index contributed by atoms with van der Waals surface area (Å²) in [7, 11) is 0. The van der Waals surface area contributed by atoms with Crippen molar-refractivity contribution >= 4 is 23.6 Å². The van der Waals surface area contributed by atoms with Gasteiger partial charge in [-0.15, -0.1) is 0 Å². The predicted octanol–water partition coefficient (Wildman–Crippen LogP) is 6.26. The number of carbonyl (C=O) groups excluding carboxylic acids is 1. The van der Waals surface area contributed by atoms with Gasteiger partial charge in [-0.1, -0.05) is 0 Å². The van der Waals surface area contributed by atoms with E-state index in [4.69, 9.17) is 10.1 Å². The third kappa shape index (κ3) is 8.89. The van der Waals surface area contributed by atoms with E-state index in [9.17, 15) is 45.0 Å². The minimum atomic E-state index is -5.43. The van der Waals surface area contributed by atoms with E-state index >= 15 is 0 Å². The lowest BCUT2D eigenvalue weighted by Crippen LogP contribution is -2.39. The molecule has 2 atom stereocenters. The lowest BCUT2D eigenvalue weighted by Gasteiger charge is -2.27. The number of nitrogens with one attached hydrogen (secondary N) is 2. The number of benzene rings is 2. The second-order valence-electron chi connectivity index (χ2n) is 10.2. The first-order valence-electron chi connectivity index (χ1n) is 13.1. The van der Waals surface area contributed by atoms with E-state index in [2.05, 4.69) is 5.32 Å². The zero-order chi connectivity index (χ0) is 32.1. The number of halogens is 8. The molecule has 15 heteroatoms. The SMILES string of the molecule is CC(C)N(C(=O)Oc1c(/C(C=N)=C/NCC(O)CN2CCC(F)C2)cc(C(F)(F)F)cc1C(F)(F)F)c1ccc(F)cc1. The second-order valence-corrected chi connectivity index (χ2v) is 10.2. The summed E-state index contributed by atoms with van der Waals surface area (Å²) < 4.78 is 116. The first kappa shape index (κ1) is 33.8. The molecule has 1 heterocycles. The first-order valence-corrected chi connectivity index (χ1v) is 13.1. The number of nitrogens with zero attached hydrogens (tertiary/aromatic N) is 2. The Balaban J connectivity index is 2.04. The minimum Gasteiger partial charge on any atom is -0.409 e. The van der Waals surface area contributed by atoms with E-state index in [1.54, 1.807) is 4.90 Å². The summed E-state index contributed by atoms with van der Waals surface area (Å²) in [4.78, 5) is 15.7. The van der Waals surface area contributed by atoms with E-state index in [1.165, 1.54) is 26.0 Å². The lowest BCUT2D eigenvalue weighted by atomic mass is 9.98. The molecular weight excluding hydrogens is 592 g/mol. The first-order chi connectivity index (χ1) is 20.0. The summed E-state index contributed by atoms with van der Waals surface area (Å²) in [5.74, 6) is -1.95. The number of β-amino-alcohol motifs (C(OH)–C–C–N with tert-alkyl or cyclic N) is 1. The molecule has 2 unspecified atom stereocenters. The smallest absolute Gasteiger partial charge is 0.409 e. The molecule has 1 aliphatic heterocycles. The van der Waals surface area contributed by atoms with Crippen molar-refractivity contribution in [2.24, 2.45) is 0 Å². The molecule has 3 rings (SSSR count). The van der Waals surface area contributed by atoms with Crippen LogP contribution in [0.4, 0.5) is 45.6 Å². The Labute approximate surface area is 242 Å². The molecule has 0 spiro atoms. The van der Waals surface area contributed by atoms with E-state index < -0.39 is 70.6 Å². The maximum absolute atomic E-state index is 14.1. The third-order valence-corrected chi connectivity index (χ3v) is 6.49. The normalized spacial score (nSPS) is 17.2. The summed E-state index contributed by atoms with van der Waals surface area (Å²) in [5, 5.41) is 20.5. The number of aliphatic hydroxyl groups excluding tert-OH is 1. The number of alkyl halides is 7. The zero-order valence-electron chi connectivity index (χ0n) is 23.1. The van der Waals surface area contributed by atoms with Gasteiger partial charge in [0.1, 0.15) is 12.0 Å². The fourth-order valence-corrected chi connectivity index (χ4v) is 4.50. The number of rotatable bonds is 10. The number of hydrogen-bond acceptors (Lipinski definition) is 6. The Morgan fingerprint density at radius 3 is 2.33 bits per heavy atom. The van der Waals surface area contributed by atoms with Gasteiger partial charge in [-0.05, 0) is 56.7 Å². The highest BCUT2D eigenvalue weighted by Gasteiger charge is 2.42. The van der Waals surface area contributed by atoms with Crippen molar-refractivity contribution < 1.29 is 49.8 Å². The van der Waals surface area contributed by atoms with Crippen LogP contribution in [0.1, 0.15) is 37.0 Å². The van der Waals surface area contributed by atoms with Crippen molar-refractivity contribution in [3.05, 3.63) is 65.1 Å². The zero-order valence-corrected chi connectivity index (χ0v) is 23.1. The van der Waals surface area contributed by atoms with Gasteiger partial charge in [0, 0.05) is 61.5 Å². The maximum atomic E-state index is 14.1. The fourth-order valence-electron chi connectivity index (χ4n) is 4.50. The molecule has 2 aromatic rings. The van der Waals surface area contributed by atoms with Crippen LogP contribution in [-0.4, -0.2) is 66.8 Å². The number of amides is 1. The fraction of sp³-hybridized carbons (Fsp3) is 0.429. The molecule has 2 aromatic carbocycles. The van der Waals surface area contributed by atoms with Crippen molar-refractivity contribution in [1.82, 2.24) is 10.2 Å². The molecular formula is C28H30F8N4O3. The highest BCUT2D eigenvalue weighted by atomic mass is 19.4. The number of likely N-dealkylation sites (tertiary alicyclic amines) is 1. The second kappa shape index (κ2) is 13.7. The van der Waals surface area contributed by atoms with Crippen LogP contribution in [0.3, 0.4) is 0 Å². The standard InChI is InChI=1S/C28H30F8N4O3/c1-16(2)40(21-5-3-19(29)4-6-21)26(42)43-25-23(9-18(27(31,32)33)10-24(25)28(34,35)36)17(11-37)12-38-13-22(41)15-39-8-7-20(30)14-39/h3-6,9-12,16,20,22,37-38,41H,7-8,13-15H2,1-2H3/b17-12+,37-11?. The van der Waals surface area contributed by atoms with Crippen LogP contribution in [0.2, 0.25) is 0 Å². The van der Waals surface area contributed by atoms with Crippen LogP contribution >= 0.6 is 0 Å². The molecule has 0 aromatic heterocycles. The summed E-state index contributed by atoms with van der Waals surface area (Å²) in [6, 6.07) is 3.71. The van der Waals surface area contributed by atoms with Gasteiger partial charge in [-0.2, -0.15) is 26.3 Å². The molecule has 1 fully saturated rings. The van der Waals surface area contributed by atoms with E-state index in [-0.39, 0.29) is 31.4 Å². The van der Waals surface area contributed by atoms with Crippen molar-refractivity contribution in [2.45, 2.75) is 50.9 Å². The van der Waals surface area contributed by atoms with Gasteiger partial charge in [0.25, 0.3) is 0 Å². The quantitative estimate of drug-likeness (QED) is 0.215. The van der Waals surface area contributed by atoms with Crippen molar-refractivity contribution in [1.29, 1.82) is 5.41 Å². The minimum absolute atomic E-state index is 0.0407. The van der Waals surface area contributed by atoms with Gasteiger partial charge in [-0.25, -0.2) is 13.6 Å². The third-order valence-electron chi connectivity index (χ3n) is 6.49. The number of anilines is 1. The molecule has 3 N–H and O–H groups in total. The number of carbonyl (C=O) groups is 1. The summed E-state index contributed by atoms with van der Waals surface area (Å²) in [6.07, 6.45) is -12.5. The Morgan fingerprint density at radius 1 is 1.16 bits per heavy atom. The molecule has 0 bridgehead atoms. The van der Waals surface area contributed by atoms with Gasteiger partial charge in [0.15, 0.2) is 5.75 Å². The monoisotopic (exact) mass is 622 g/mol. The summed E-state index contributed by atoms with van der Waals surface area (Å²) >= 11 is 0. The molecule has 0 aliphatic carbocycles. The Bertz CT molecular complexity index is 1310. The highest BCUT2D eigenvalue weighted by Crippen LogP contribution is 2.44. The topological polar surface area (TPSA) is 88.9 Å². The molecule has 7 nitrogen and oxygen atoms in total. The van der Waals surface area contributed by atoms with Gasteiger partial charge >= 0.3 is 18.4 Å². The van der Waals surface area contributed by atoms with Crippen molar-refractivity contribution in [2.75, 3.05) is 31.1 Å². The molecule has 1 saturated heterocycles. The molecule has 0 saturated carbocycles. The van der Waals surface area contributed by atoms with Crippen LogP contribution in [-0.2, 0) is 12.4 Å². The average Bonchev–Trinajstić information content (AvgIpc) is 3.30. The molecule has 1 aliphatic rings. The lowest BCUT2D eigenvalue weighted by molar-refractivity contribution is -0.143. The number of aliphatic hydroxyl groups is 1.